The van der Waals surface area contributed by atoms with Crippen LogP contribution in [0.4, 0.5) is 5.82 Å². The van der Waals surface area contributed by atoms with Gasteiger partial charge in [0.1, 0.15) is 11.4 Å². The van der Waals surface area contributed by atoms with Gasteiger partial charge in [0.2, 0.25) is 5.28 Å². The van der Waals surface area contributed by atoms with Crippen LogP contribution in [-0.2, 0) is 21.7 Å². The topological polar surface area (TPSA) is 47.5 Å². The smallest absolute Gasteiger partial charge is 0.224 e. The molecule has 0 aromatic carbocycles. The van der Waals surface area contributed by atoms with Crippen molar-refractivity contribution in [2.45, 2.75) is 50.6 Å². The van der Waals surface area contributed by atoms with E-state index < -0.39 is 5.60 Å². The minimum Gasteiger partial charge on any atom is -0.371 e. The van der Waals surface area contributed by atoms with Crippen LogP contribution in [0.5, 0.6) is 0 Å². The van der Waals surface area contributed by atoms with E-state index >= 15 is 0 Å². The molecule has 1 aromatic heterocycles. The summed E-state index contributed by atoms with van der Waals surface area (Å²) in [6.45, 7) is 8.13. The van der Waals surface area contributed by atoms with Gasteiger partial charge in [0, 0.05) is 18.7 Å². The second-order valence-electron chi connectivity index (χ2n) is 6.52. The molecule has 2 fully saturated rings. The average Bonchev–Trinajstić information content (AvgIpc) is 2.99. The molecule has 0 N–H and O–H groups in total. The van der Waals surface area contributed by atoms with Crippen molar-refractivity contribution >= 4 is 17.4 Å². The minimum absolute atomic E-state index is 0.286. The van der Waals surface area contributed by atoms with E-state index in [-0.39, 0.29) is 5.28 Å². The number of morpholine rings is 1. The fraction of sp³-hybridized carbons (Fsp3) is 0.625. The van der Waals surface area contributed by atoms with Gasteiger partial charge in [0.25, 0.3) is 0 Å². The molecule has 0 spiro atoms. The largest absolute Gasteiger partial charge is 0.371 e. The normalized spacial score (nSPS) is 33.1. The Hall–Kier alpha value is -1.17. The van der Waals surface area contributed by atoms with E-state index in [0.29, 0.717) is 25.2 Å². The molecule has 6 heteroatoms. The van der Waals surface area contributed by atoms with Crippen LogP contribution in [0.2, 0.25) is 5.28 Å². The Morgan fingerprint density at radius 2 is 2.09 bits per heavy atom. The predicted molar refractivity (Wildman–Crippen MR) is 84.1 cm³/mol. The zero-order chi connectivity index (χ0) is 15.3. The molecule has 0 amide bonds. The van der Waals surface area contributed by atoms with Gasteiger partial charge in [-0.15, -0.1) is 6.58 Å². The molecule has 2 saturated heterocycles. The highest BCUT2D eigenvalue weighted by Crippen LogP contribution is 2.42. The number of ether oxygens (including phenoxy) is 2. The quantitative estimate of drug-likeness (QED) is 0.633. The van der Waals surface area contributed by atoms with Crippen molar-refractivity contribution in [2.24, 2.45) is 0 Å². The van der Waals surface area contributed by atoms with Crippen LogP contribution in [0.15, 0.2) is 12.7 Å². The van der Waals surface area contributed by atoms with Gasteiger partial charge < -0.3 is 14.4 Å². The van der Waals surface area contributed by atoms with Crippen molar-refractivity contribution < 1.29 is 9.47 Å². The summed E-state index contributed by atoms with van der Waals surface area (Å²) in [5.41, 5.74) is 1.51. The van der Waals surface area contributed by atoms with E-state index in [2.05, 4.69) is 21.4 Å². The van der Waals surface area contributed by atoms with E-state index in [9.17, 15) is 0 Å². The number of rotatable bonds is 3. The lowest BCUT2D eigenvalue weighted by molar-refractivity contribution is -0.0229. The molecule has 5 nitrogen and oxygen atoms in total. The van der Waals surface area contributed by atoms with Crippen LogP contribution in [0.1, 0.15) is 37.4 Å². The second-order valence-corrected chi connectivity index (χ2v) is 6.86. The van der Waals surface area contributed by atoms with E-state index in [1.54, 1.807) is 0 Å². The van der Waals surface area contributed by atoms with Crippen molar-refractivity contribution in [1.82, 2.24) is 9.97 Å². The first-order valence-corrected chi connectivity index (χ1v) is 8.19. The Bertz CT molecular complexity index is 612. The monoisotopic (exact) mass is 321 g/mol. The average molecular weight is 322 g/mol. The highest BCUT2D eigenvalue weighted by molar-refractivity contribution is 6.28. The van der Waals surface area contributed by atoms with Gasteiger partial charge in [-0.2, -0.15) is 0 Å². The first kappa shape index (κ1) is 14.4. The van der Waals surface area contributed by atoms with Crippen molar-refractivity contribution in [2.75, 3.05) is 18.0 Å². The van der Waals surface area contributed by atoms with E-state index in [1.165, 1.54) is 0 Å². The number of hydrogen-bond donors (Lipinski definition) is 0. The highest BCUT2D eigenvalue weighted by atomic mass is 35.5. The molecule has 3 atom stereocenters. The first-order valence-electron chi connectivity index (χ1n) is 7.81. The molecule has 4 heterocycles. The third kappa shape index (κ3) is 2.23. The summed E-state index contributed by atoms with van der Waals surface area (Å²) >= 11 is 6.20. The highest BCUT2D eigenvalue weighted by Gasteiger charge is 2.41. The Morgan fingerprint density at radius 1 is 1.36 bits per heavy atom. The number of halogens is 1. The summed E-state index contributed by atoms with van der Waals surface area (Å²) in [4.78, 5) is 11.3. The van der Waals surface area contributed by atoms with E-state index in [4.69, 9.17) is 21.1 Å². The lowest BCUT2D eigenvalue weighted by Gasteiger charge is -2.34. The van der Waals surface area contributed by atoms with Crippen LogP contribution in [0.25, 0.3) is 0 Å². The van der Waals surface area contributed by atoms with Gasteiger partial charge in [0.05, 0.1) is 24.5 Å². The van der Waals surface area contributed by atoms with Crippen molar-refractivity contribution in [1.29, 1.82) is 0 Å². The zero-order valence-corrected chi connectivity index (χ0v) is 13.5. The molecule has 3 aliphatic heterocycles. The van der Waals surface area contributed by atoms with Crippen molar-refractivity contribution in [3.8, 4) is 0 Å². The third-order valence-corrected chi connectivity index (χ3v) is 5.04. The van der Waals surface area contributed by atoms with Crippen LogP contribution >= 0.6 is 11.6 Å². The zero-order valence-electron chi connectivity index (χ0n) is 12.7. The van der Waals surface area contributed by atoms with Crippen LogP contribution in [-0.4, -0.2) is 35.3 Å². The number of nitrogens with zero attached hydrogens (tertiary/aromatic N) is 3. The van der Waals surface area contributed by atoms with Gasteiger partial charge >= 0.3 is 0 Å². The third-order valence-electron chi connectivity index (χ3n) is 4.87. The van der Waals surface area contributed by atoms with Crippen LogP contribution in [0, 0.1) is 0 Å². The van der Waals surface area contributed by atoms with Gasteiger partial charge in [-0.1, -0.05) is 6.08 Å². The summed E-state index contributed by atoms with van der Waals surface area (Å²) in [5.74, 6) is 0.919. The van der Waals surface area contributed by atoms with Gasteiger partial charge in [-0.05, 0) is 37.8 Å². The van der Waals surface area contributed by atoms with Crippen LogP contribution in [0.3, 0.4) is 0 Å². The molecule has 4 rings (SSSR count). The Labute approximate surface area is 135 Å². The van der Waals surface area contributed by atoms with E-state index in [0.717, 1.165) is 43.0 Å². The molecule has 1 aromatic rings. The van der Waals surface area contributed by atoms with Crippen molar-refractivity contribution in [3.63, 3.8) is 0 Å². The van der Waals surface area contributed by atoms with E-state index in [1.807, 2.05) is 13.0 Å². The van der Waals surface area contributed by atoms with Gasteiger partial charge in [0.15, 0.2) is 0 Å². The minimum atomic E-state index is -0.455. The molecule has 22 heavy (non-hydrogen) atoms. The maximum absolute atomic E-state index is 6.20. The second kappa shape index (κ2) is 5.18. The maximum Gasteiger partial charge on any atom is 0.224 e. The number of fused-ring (bicyclic) bond motifs is 3. The maximum atomic E-state index is 6.20. The number of hydrogen-bond acceptors (Lipinski definition) is 5. The first-order chi connectivity index (χ1) is 10.6. The summed E-state index contributed by atoms with van der Waals surface area (Å²) in [7, 11) is 0. The molecule has 0 radical (unpaired) electrons. The number of anilines is 1. The molecule has 0 aliphatic carbocycles. The summed E-state index contributed by atoms with van der Waals surface area (Å²) < 4.78 is 11.9. The molecule has 0 saturated carbocycles. The summed E-state index contributed by atoms with van der Waals surface area (Å²) in [6.07, 6.45) is 5.45. The lowest BCUT2D eigenvalue weighted by Crippen LogP contribution is -2.43. The molecule has 118 valence electrons. The van der Waals surface area contributed by atoms with Crippen molar-refractivity contribution in [3.05, 3.63) is 29.2 Å². The van der Waals surface area contributed by atoms with Crippen LogP contribution < -0.4 is 4.90 Å². The lowest BCUT2D eigenvalue weighted by atomic mass is 9.96. The Morgan fingerprint density at radius 3 is 2.77 bits per heavy atom. The Kier molecular flexibility index (Phi) is 3.40. The Balaban J connectivity index is 1.74. The standard InChI is InChI=1S/C16H20ClN3O2/c1-3-6-16(2)13-12(9-21-16)14(19-15(17)18-13)20-7-10-4-5-11(8-20)22-10/h3,10-11H,1,4-9H2,2H3. The molecule has 3 unspecified atom stereocenters. The molecular weight excluding hydrogens is 302 g/mol. The number of aromatic nitrogens is 2. The molecule has 2 bridgehead atoms. The summed E-state index contributed by atoms with van der Waals surface area (Å²) in [5, 5.41) is 0.286. The van der Waals surface area contributed by atoms with Gasteiger partial charge in [-0.25, -0.2) is 9.97 Å². The fourth-order valence-electron chi connectivity index (χ4n) is 3.80. The molecule has 3 aliphatic rings. The van der Waals surface area contributed by atoms with Gasteiger partial charge in [-0.3, -0.25) is 0 Å². The summed E-state index contributed by atoms with van der Waals surface area (Å²) in [6, 6.07) is 0. The predicted octanol–water partition coefficient (Wildman–Crippen LogP) is 2.82. The molecular formula is C16H20ClN3O2. The fourth-order valence-corrected chi connectivity index (χ4v) is 3.96. The SMILES string of the molecule is C=CCC1(C)OCc2c(N3CC4CCC(C3)O4)nc(Cl)nc21.